The van der Waals surface area contributed by atoms with Crippen LogP contribution in [-0.2, 0) is 10.8 Å². The highest BCUT2D eigenvalue weighted by molar-refractivity contribution is 6.09. The maximum absolute atomic E-state index is 3.66. The number of allylic oxidation sites excluding steroid dienone is 4. The summed E-state index contributed by atoms with van der Waals surface area (Å²) in [5, 5.41) is 0. The van der Waals surface area contributed by atoms with E-state index in [0.717, 1.165) is 41.0 Å². The van der Waals surface area contributed by atoms with Crippen LogP contribution in [0.2, 0.25) is 0 Å². The maximum Gasteiger partial charge on any atom is 0.0974 e. The van der Waals surface area contributed by atoms with Crippen molar-refractivity contribution in [1.29, 1.82) is 0 Å². The van der Waals surface area contributed by atoms with Gasteiger partial charge in [-0.2, -0.15) is 0 Å². The largest absolute Gasteiger partial charge is 0.303 e. The molecule has 280 valence electrons. The summed E-state index contributed by atoms with van der Waals surface area (Å²) in [5.74, 6) is 0. The highest BCUT2D eigenvalue weighted by atomic mass is 15.1. The minimum atomic E-state index is -0.439. The van der Waals surface area contributed by atoms with E-state index in [4.69, 9.17) is 0 Å². The van der Waals surface area contributed by atoms with Crippen molar-refractivity contribution in [3.8, 4) is 22.3 Å². The Kier molecular flexibility index (Phi) is 8.18. The van der Waals surface area contributed by atoms with E-state index in [1.807, 2.05) is 0 Å². The summed E-state index contributed by atoms with van der Waals surface area (Å²) in [6.45, 7) is 4.72. The Morgan fingerprint density at radius 2 is 1.08 bits per heavy atom. The van der Waals surface area contributed by atoms with E-state index in [-0.39, 0.29) is 5.41 Å². The molecule has 0 spiro atoms. The number of rotatable bonds is 7. The highest BCUT2D eigenvalue weighted by Crippen LogP contribution is 2.61. The molecule has 0 heterocycles. The fourth-order valence-corrected chi connectivity index (χ4v) is 10.5. The number of para-hydroxylation sites is 1. The van der Waals surface area contributed by atoms with Gasteiger partial charge in [0.2, 0.25) is 0 Å². The molecule has 0 aromatic heterocycles. The number of nitrogens with zero attached hydrogens (tertiary/aromatic N) is 1. The third-order valence-corrected chi connectivity index (χ3v) is 13.1. The molecule has 1 nitrogen and oxygen atoms in total. The monoisotopic (exact) mass is 753 g/mol. The molecule has 0 N–H and O–H groups in total. The fourth-order valence-electron chi connectivity index (χ4n) is 10.5. The van der Waals surface area contributed by atoms with Crippen LogP contribution >= 0.6 is 0 Å². The first-order valence-electron chi connectivity index (χ1n) is 20.8. The second-order valence-electron chi connectivity index (χ2n) is 16.5. The Bertz CT molecular complexity index is 2890. The third kappa shape index (κ3) is 5.34. The molecule has 0 atom stereocenters. The molecule has 8 aromatic carbocycles. The molecule has 1 heteroatoms. The van der Waals surface area contributed by atoms with Crippen LogP contribution < -0.4 is 4.90 Å². The molecule has 0 amide bonds. The zero-order chi connectivity index (χ0) is 39.6. The Balaban J connectivity index is 1.14. The first kappa shape index (κ1) is 35.1. The zero-order valence-electron chi connectivity index (χ0n) is 33.4. The van der Waals surface area contributed by atoms with Crippen molar-refractivity contribution in [3.63, 3.8) is 0 Å². The molecule has 0 saturated carbocycles. The molecule has 59 heavy (non-hydrogen) atoms. The zero-order valence-corrected chi connectivity index (χ0v) is 33.4. The normalized spacial score (nSPS) is 15.3. The van der Waals surface area contributed by atoms with Crippen LogP contribution in [0.5, 0.6) is 0 Å². The van der Waals surface area contributed by atoms with Crippen molar-refractivity contribution in [2.45, 2.75) is 37.5 Å². The van der Waals surface area contributed by atoms with Crippen molar-refractivity contribution in [1.82, 2.24) is 0 Å². The van der Waals surface area contributed by atoms with Gasteiger partial charge in [0.1, 0.15) is 0 Å². The van der Waals surface area contributed by atoms with Crippen LogP contribution in [0.15, 0.2) is 206 Å². The summed E-state index contributed by atoms with van der Waals surface area (Å²) in [6.07, 6.45) is 4.42. The van der Waals surface area contributed by atoms with Gasteiger partial charge < -0.3 is 4.90 Å². The lowest BCUT2D eigenvalue weighted by molar-refractivity contribution is 0.660. The Labute approximate surface area is 348 Å². The van der Waals surface area contributed by atoms with Gasteiger partial charge in [0.25, 0.3) is 0 Å². The number of fused-ring (bicyclic) bond motifs is 6. The van der Waals surface area contributed by atoms with Gasteiger partial charge in [0, 0.05) is 22.2 Å². The van der Waals surface area contributed by atoms with Gasteiger partial charge in [0.15, 0.2) is 0 Å². The van der Waals surface area contributed by atoms with Crippen LogP contribution in [0.4, 0.5) is 17.1 Å². The molecule has 3 aliphatic carbocycles. The minimum Gasteiger partial charge on any atom is -0.303 e. The lowest BCUT2D eigenvalue weighted by Gasteiger charge is -2.36. The van der Waals surface area contributed by atoms with Crippen LogP contribution in [0, 0.1) is 12.1 Å². The van der Waals surface area contributed by atoms with Gasteiger partial charge in [-0.25, -0.2) is 0 Å². The van der Waals surface area contributed by atoms with E-state index >= 15 is 0 Å². The van der Waals surface area contributed by atoms with E-state index in [0.29, 0.717) is 0 Å². The first-order valence-corrected chi connectivity index (χ1v) is 20.8. The maximum atomic E-state index is 3.66. The van der Waals surface area contributed by atoms with Crippen LogP contribution in [-0.4, -0.2) is 0 Å². The Morgan fingerprint density at radius 1 is 0.492 bits per heavy atom. The summed E-state index contributed by atoms with van der Waals surface area (Å²) in [6, 6.07) is 78.5. The van der Waals surface area contributed by atoms with Gasteiger partial charge in [-0.15, -0.1) is 0 Å². The molecule has 0 saturated heterocycles. The average Bonchev–Trinajstić information content (AvgIpc) is 3.73. The fraction of sp³-hybridized carbons (Fsp3) is 0.103. The molecule has 3 aliphatic rings. The van der Waals surface area contributed by atoms with Crippen LogP contribution in [0.1, 0.15) is 65.6 Å². The third-order valence-electron chi connectivity index (χ3n) is 13.1. The van der Waals surface area contributed by atoms with Crippen LogP contribution in [0.3, 0.4) is 0 Å². The summed E-state index contributed by atoms with van der Waals surface area (Å²) in [4.78, 5) is 2.42. The predicted molar refractivity (Wildman–Crippen MR) is 245 cm³/mol. The molecule has 0 fully saturated rings. The van der Waals surface area contributed by atoms with Gasteiger partial charge in [0.05, 0.1) is 16.8 Å². The predicted octanol–water partition coefficient (Wildman–Crippen LogP) is 14.7. The highest BCUT2D eigenvalue weighted by Gasteiger charge is 2.49. The lowest BCUT2D eigenvalue weighted by atomic mass is 9.66. The van der Waals surface area contributed by atoms with Gasteiger partial charge in [-0.1, -0.05) is 190 Å². The van der Waals surface area contributed by atoms with E-state index < -0.39 is 5.41 Å². The Hall–Kier alpha value is -7.14. The second-order valence-corrected chi connectivity index (χ2v) is 16.5. The Morgan fingerprint density at radius 3 is 1.78 bits per heavy atom. The van der Waals surface area contributed by atoms with E-state index in [1.54, 1.807) is 0 Å². The smallest absolute Gasteiger partial charge is 0.0974 e. The van der Waals surface area contributed by atoms with Crippen molar-refractivity contribution in [2.75, 3.05) is 4.90 Å². The van der Waals surface area contributed by atoms with E-state index in [9.17, 15) is 0 Å². The summed E-state index contributed by atoms with van der Waals surface area (Å²) < 4.78 is 0. The van der Waals surface area contributed by atoms with Crippen molar-refractivity contribution >= 4 is 28.2 Å². The molecule has 0 bridgehead atoms. The van der Waals surface area contributed by atoms with Crippen molar-refractivity contribution < 1.29 is 0 Å². The topological polar surface area (TPSA) is 3.24 Å². The molecule has 0 unspecified atom stereocenters. The standard InChI is InChI=1S/C58H43N/c1-57(2)51-29-15-12-25-46(51)47-38-37-45(39-54(47)57)59(44-35-33-41(34-36-44)40-19-6-3-7-20-40)55-32-17-14-26-48(55)49-28-18-31-53-56(49)50-27-13-16-30-52(50)58(53,42-21-8-4-9-22-42)43-23-10-5-11-24-43/h3-17,19-27,29-33,35,37-39H,18,28H2,1-2H3. The van der Waals surface area contributed by atoms with Crippen molar-refractivity contribution in [2.24, 2.45) is 0 Å². The minimum absolute atomic E-state index is 0.139. The quantitative estimate of drug-likeness (QED) is 0.157. The van der Waals surface area contributed by atoms with Crippen LogP contribution in [0.25, 0.3) is 33.4 Å². The lowest BCUT2D eigenvalue weighted by Crippen LogP contribution is -2.29. The van der Waals surface area contributed by atoms with Crippen molar-refractivity contribution in [3.05, 3.63) is 257 Å². The average molecular weight is 754 g/mol. The molecular weight excluding hydrogens is 711 g/mol. The van der Waals surface area contributed by atoms with Gasteiger partial charge in [-0.3, -0.25) is 0 Å². The molecule has 11 rings (SSSR count). The van der Waals surface area contributed by atoms with E-state index in [2.05, 4.69) is 231 Å². The number of anilines is 3. The van der Waals surface area contributed by atoms with E-state index in [1.165, 1.54) is 66.8 Å². The number of hydrogen-bond donors (Lipinski definition) is 0. The van der Waals surface area contributed by atoms with Gasteiger partial charge in [-0.05, 0) is 116 Å². The number of hydrogen-bond acceptors (Lipinski definition) is 1. The summed E-state index contributed by atoms with van der Waals surface area (Å²) in [5.41, 5.74) is 20.7. The molecule has 0 radical (unpaired) electrons. The van der Waals surface area contributed by atoms with Gasteiger partial charge >= 0.3 is 0 Å². The molecule has 8 aromatic rings. The molecular formula is C58H43N. The summed E-state index contributed by atoms with van der Waals surface area (Å²) in [7, 11) is 0. The SMILES string of the molecule is CC1(C)c2ccccc2-c2ccc(N(c3c#cc(-c4ccccc4)cc3)c3ccccc3C3=C4C(=CCC3)C(c3ccccc3)(c3ccccc3)c3ccccc34)cc21. The second kappa shape index (κ2) is 13.8. The number of benzene rings is 7. The molecule has 0 aliphatic heterocycles. The first-order chi connectivity index (χ1) is 29.0. The summed E-state index contributed by atoms with van der Waals surface area (Å²) >= 11 is 0.